The lowest BCUT2D eigenvalue weighted by Crippen LogP contribution is -2.12. The number of aromatic hydroxyl groups is 1. The Morgan fingerprint density at radius 3 is 2.21 bits per heavy atom. The predicted octanol–water partition coefficient (Wildman–Crippen LogP) is 6.96. The first-order chi connectivity index (χ1) is 13.6. The van der Waals surface area contributed by atoms with Gasteiger partial charge in [-0.25, -0.2) is 0 Å². The summed E-state index contributed by atoms with van der Waals surface area (Å²) in [5.41, 5.74) is 8.55. The van der Waals surface area contributed by atoms with Gasteiger partial charge in [-0.15, -0.1) is 0 Å². The summed E-state index contributed by atoms with van der Waals surface area (Å²) in [5.74, 6) is 0.321. The molecule has 29 heavy (non-hydrogen) atoms. The lowest BCUT2D eigenvalue weighted by atomic mass is 9.84. The van der Waals surface area contributed by atoms with E-state index in [2.05, 4.69) is 84.0 Å². The number of rotatable bonds is 4. The molecular weight excluding hydrogens is 354 g/mol. The van der Waals surface area contributed by atoms with Gasteiger partial charge in [-0.1, -0.05) is 74.9 Å². The third-order valence-electron chi connectivity index (χ3n) is 5.19. The van der Waals surface area contributed by atoms with Crippen molar-refractivity contribution in [3.05, 3.63) is 93.5 Å². The van der Waals surface area contributed by atoms with Crippen molar-refractivity contribution in [1.82, 2.24) is 0 Å². The normalized spacial score (nSPS) is 11.9. The van der Waals surface area contributed by atoms with E-state index in [9.17, 15) is 5.11 Å². The fourth-order valence-electron chi connectivity index (χ4n) is 3.79. The van der Waals surface area contributed by atoms with E-state index in [0.29, 0.717) is 5.75 Å². The molecule has 0 aliphatic heterocycles. The first-order valence-corrected chi connectivity index (χ1v) is 10.2. The van der Waals surface area contributed by atoms with Crippen LogP contribution in [-0.4, -0.2) is 11.3 Å². The third-order valence-corrected chi connectivity index (χ3v) is 5.19. The Morgan fingerprint density at radius 2 is 1.55 bits per heavy atom. The van der Waals surface area contributed by atoms with E-state index in [1.54, 1.807) is 0 Å². The van der Waals surface area contributed by atoms with Crippen molar-refractivity contribution < 1.29 is 5.11 Å². The number of aryl methyl sites for hydroxylation is 3. The monoisotopic (exact) mass is 385 g/mol. The highest BCUT2D eigenvalue weighted by Gasteiger charge is 2.20. The average molecular weight is 386 g/mol. The van der Waals surface area contributed by atoms with E-state index in [0.717, 1.165) is 34.4 Å². The smallest absolute Gasteiger partial charge is 0.128 e. The van der Waals surface area contributed by atoms with Crippen molar-refractivity contribution >= 4 is 11.9 Å². The fourth-order valence-corrected chi connectivity index (χ4v) is 3.79. The van der Waals surface area contributed by atoms with Crippen LogP contribution in [0.25, 0.3) is 0 Å². The molecule has 0 aliphatic rings. The minimum Gasteiger partial charge on any atom is -0.507 e. The zero-order valence-electron chi connectivity index (χ0n) is 18.4. The Balaban J connectivity index is 2.05. The molecule has 3 rings (SSSR count). The Morgan fingerprint density at radius 1 is 0.897 bits per heavy atom. The summed E-state index contributed by atoms with van der Waals surface area (Å²) in [6.07, 6.45) is 2.65. The highest BCUT2D eigenvalue weighted by atomic mass is 16.3. The molecule has 2 nitrogen and oxygen atoms in total. The summed E-state index contributed by atoms with van der Waals surface area (Å²) in [6, 6.07) is 18.9. The van der Waals surface area contributed by atoms with Gasteiger partial charge in [0, 0.05) is 17.3 Å². The zero-order valence-corrected chi connectivity index (χ0v) is 18.4. The number of phenolic OH excluding ortho intramolecular Hbond substituents is 1. The standard InChI is InChI=1S/C27H31NO/c1-18-12-20(3)25(22(13-18)16-21-10-8-7-9-11-21)28-17-23-14-19(2)15-24(26(23)29)27(4,5)6/h7-15,17,29H,16H2,1-6H3. The molecular formula is C27H31NO. The first-order valence-electron chi connectivity index (χ1n) is 10.2. The maximum Gasteiger partial charge on any atom is 0.128 e. The van der Waals surface area contributed by atoms with Crippen molar-refractivity contribution in [1.29, 1.82) is 0 Å². The number of phenols is 1. The zero-order chi connectivity index (χ0) is 21.2. The number of hydrogen-bond acceptors (Lipinski definition) is 2. The summed E-state index contributed by atoms with van der Waals surface area (Å²) in [7, 11) is 0. The highest BCUT2D eigenvalue weighted by Crippen LogP contribution is 2.34. The van der Waals surface area contributed by atoms with Crippen LogP contribution >= 0.6 is 0 Å². The van der Waals surface area contributed by atoms with Crippen molar-refractivity contribution in [2.45, 2.75) is 53.4 Å². The minimum atomic E-state index is -0.128. The van der Waals surface area contributed by atoms with Crippen LogP contribution in [0.4, 0.5) is 5.69 Å². The van der Waals surface area contributed by atoms with Gasteiger partial charge in [0.2, 0.25) is 0 Å². The van der Waals surface area contributed by atoms with Gasteiger partial charge in [0.05, 0.1) is 5.69 Å². The topological polar surface area (TPSA) is 32.6 Å². The molecule has 1 N–H and O–H groups in total. The van der Waals surface area contributed by atoms with Crippen LogP contribution in [0.3, 0.4) is 0 Å². The second-order valence-electron chi connectivity index (χ2n) is 9.01. The van der Waals surface area contributed by atoms with Crippen LogP contribution in [0.15, 0.2) is 59.6 Å². The largest absolute Gasteiger partial charge is 0.507 e. The highest BCUT2D eigenvalue weighted by molar-refractivity contribution is 5.87. The van der Waals surface area contributed by atoms with Gasteiger partial charge in [-0.05, 0) is 60.9 Å². The van der Waals surface area contributed by atoms with Gasteiger partial charge in [0.15, 0.2) is 0 Å². The van der Waals surface area contributed by atoms with Gasteiger partial charge in [0.25, 0.3) is 0 Å². The van der Waals surface area contributed by atoms with Crippen LogP contribution in [-0.2, 0) is 11.8 Å². The van der Waals surface area contributed by atoms with Crippen LogP contribution in [0.2, 0.25) is 0 Å². The molecule has 0 fully saturated rings. The summed E-state index contributed by atoms with van der Waals surface area (Å²) in [4.78, 5) is 4.85. The lowest BCUT2D eigenvalue weighted by molar-refractivity contribution is 0.445. The van der Waals surface area contributed by atoms with Crippen LogP contribution in [0.1, 0.15) is 59.7 Å². The predicted molar refractivity (Wildman–Crippen MR) is 124 cm³/mol. The quantitative estimate of drug-likeness (QED) is 0.484. The molecule has 0 bridgehead atoms. The second-order valence-corrected chi connectivity index (χ2v) is 9.01. The number of hydrogen-bond donors (Lipinski definition) is 1. The number of benzene rings is 3. The first kappa shape index (κ1) is 20.9. The van der Waals surface area contributed by atoms with E-state index < -0.39 is 0 Å². The van der Waals surface area contributed by atoms with E-state index in [-0.39, 0.29) is 5.41 Å². The van der Waals surface area contributed by atoms with E-state index in [1.165, 1.54) is 16.7 Å². The van der Waals surface area contributed by atoms with Gasteiger partial charge < -0.3 is 5.11 Å². The number of nitrogens with zero attached hydrogens (tertiary/aromatic N) is 1. The van der Waals surface area contributed by atoms with E-state index in [4.69, 9.17) is 4.99 Å². The maximum atomic E-state index is 10.9. The molecule has 0 unspecified atom stereocenters. The van der Waals surface area contributed by atoms with Crippen LogP contribution in [0, 0.1) is 20.8 Å². The number of aliphatic imine (C=N–C) groups is 1. The summed E-state index contributed by atoms with van der Waals surface area (Å²) < 4.78 is 0. The summed E-state index contributed by atoms with van der Waals surface area (Å²) in [6.45, 7) is 12.6. The van der Waals surface area contributed by atoms with Crippen molar-refractivity contribution in [3.8, 4) is 5.75 Å². The average Bonchev–Trinajstić information content (AvgIpc) is 2.63. The van der Waals surface area contributed by atoms with Crippen LogP contribution < -0.4 is 0 Å². The third kappa shape index (κ3) is 4.95. The Bertz CT molecular complexity index is 1040. The Labute approximate surface area is 175 Å². The van der Waals surface area contributed by atoms with Gasteiger partial charge >= 0.3 is 0 Å². The molecule has 0 amide bonds. The molecule has 0 saturated heterocycles. The summed E-state index contributed by atoms with van der Waals surface area (Å²) in [5, 5.41) is 10.9. The Kier molecular flexibility index (Phi) is 5.93. The molecule has 2 heteroatoms. The molecule has 0 aliphatic carbocycles. The van der Waals surface area contributed by atoms with E-state index in [1.807, 2.05) is 18.3 Å². The second kappa shape index (κ2) is 8.24. The molecule has 0 atom stereocenters. The molecule has 0 heterocycles. The fraction of sp³-hybridized carbons (Fsp3) is 0.296. The Hall–Kier alpha value is -2.87. The van der Waals surface area contributed by atoms with Crippen molar-refractivity contribution in [2.24, 2.45) is 4.99 Å². The molecule has 0 saturated carbocycles. The molecule has 3 aromatic carbocycles. The molecule has 150 valence electrons. The van der Waals surface area contributed by atoms with Gasteiger partial charge in [0.1, 0.15) is 5.75 Å². The van der Waals surface area contributed by atoms with Gasteiger partial charge in [-0.3, -0.25) is 4.99 Å². The van der Waals surface area contributed by atoms with Gasteiger partial charge in [-0.2, -0.15) is 0 Å². The summed E-state index contributed by atoms with van der Waals surface area (Å²) >= 11 is 0. The van der Waals surface area contributed by atoms with Crippen molar-refractivity contribution in [3.63, 3.8) is 0 Å². The minimum absolute atomic E-state index is 0.128. The lowest BCUT2D eigenvalue weighted by Gasteiger charge is -2.22. The maximum absolute atomic E-state index is 10.9. The SMILES string of the molecule is Cc1cc(C)c(N=Cc2cc(C)cc(C(C)(C)C)c2O)c(Cc2ccccc2)c1. The van der Waals surface area contributed by atoms with Crippen LogP contribution in [0.5, 0.6) is 5.75 Å². The van der Waals surface area contributed by atoms with Crippen molar-refractivity contribution in [2.75, 3.05) is 0 Å². The molecule has 3 aromatic rings. The molecule has 0 radical (unpaired) electrons. The molecule has 0 aromatic heterocycles. The molecule has 0 spiro atoms. The van der Waals surface area contributed by atoms with E-state index >= 15 is 0 Å².